The van der Waals surface area contributed by atoms with Crippen molar-refractivity contribution in [1.29, 1.82) is 0 Å². The molecule has 6 heteroatoms. The first kappa shape index (κ1) is 31.1. The number of piperidine rings is 2. The van der Waals surface area contributed by atoms with Crippen molar-refractivity contribution in [2.75, 3.05) is 0 Å². The Morgan fingerprint density at radius 3 is 1.58 bits per heavy atom. The van der Waals surface area contributed by atoms with Crippen LogP contribution in [0.2, 0.25) is 0 Å². The molecule has 2 aliphatic heterocycles. The first-order valence-corrected chi connectivity index (χ1v) is 14.5. The van der Waals surface area contributed by atoms with Gasteiger partial charge < -0.3 is 20.1 Å². The summed E-state index contributed by atoms with van der Waals surface area (Å²) in [6.45, 7) is 19.5. The lowest BCUT2D eigenvalue weighted by Crippen LogP contribution is -2.59. The zero-order chi connectivity index (χ0) is 27.2. The molecule has 36 heavy (non-hydrogen) atoms. The van der Waals surface area contributed by atoms with Gasteiger partial charge in [0.1, 0.15) is 12.2 Å². The van der Waals surface area contributed by atoms with Gasteiger partial charge in [-0.05, 0) is 74.7 Å². The van der Waals surface area contributed by atoms with E-state index in [-0.39, 0.29) is 52.2 Å². The molecule has 0 saturated carbocycles. The van der Waals surface area contributed by atoms with E-state index in [1.165, 1.54) is 0 Å². The van der Waals surface area contributed by atoms with Gasteiger partial charge in [-0.1, -0.05) is 32.6 Å². The quantitative estimate of drug-likeness (QED) is 0.233. The number of nitrogens with one attached hydrogen (secondary N) is 2. The molecule has 0 aromatic carbocycles. The highest BCUT2D eigenvalue weighted by atomic mass is 16.5. The molecule has 0 aromatic heterocycles. The number of rotatable bonds is 12. The van der Waals surface area contributed by atoms with Gasteiger partial charge in [0, 0.05) is 54.3 Å². The molecule has 0 aliphatic carbocycles. The second-order valence-corrected chi connectivity index (χ2v) is 14.2. The maximum atomic E-state index is 12.9. The summed E-state index contributed by atoms with van der Waals surface area (Å²) < 4.78 is 11.8. The normalized spacial score (nSPS) is 24.1. The Morgan fingerprint density at radius 1 is 0.694 bits per heavy atom. The second kappa shape index (κ2) is 12.6. The van der Waals surface area contributed by atoms with Crippen LogP contribution in [0.1, 0.15) is 139 Å². The molecule has 0 spiro atoms. The molecule has 0 aromatic rings. The van der Waals surface area contributed by atoms with Crippen molar-refractivity contribution in [1.82, 2.24) is 10.6 Å². The fourth-order valence-corrected chi connectivity index (χ4v) is 6.81. The summed E-state index contributed by atoms with van der Waals surface area (Å²) in [5.41, 5.74) is -0.0875. The van der Waals surface area contributed by atoms with Crippen LogP contribution in [0.15, 0.2) is 0 Å². The third-order valence-electron chi connectivity index (χ3n) is 7.65. The van der Waals surface area contributed by atoms with E-state index < -0.39 is 0 Å². The van der Waals surface area contributed by atoms with Crippen molar-refractivity contribution < 1.29 is 19.1 Å². The summed E-state index contributed by atoms with van der Waals surface area (Å²) in [4.78, 5) is 25.2. The van der Waals surface area contributed by atoms with Gasteiger partial charge in [0.15, 0.2) is 0 Å². The van der Waals surface area contributed by atoms with Gasteiger partial charge in [0.05, 0.1) is 5.92 Å². The number of unbranched alkanes of at least 4 members (excludes halogenated alkanes) is 4. The molecule has 0 unspecified atom stereocenters. The lowest BCUT2D eigenvalue weighted by molar-refractivity contribution is -0.158. The SMILES string of the molecule is CC[C@H](CCCCCCCC(=O)OC1CC(C)(C)NC(C)(C)C1)C(=O)OC1CC(C)(C)NC(C)(C)C1. The maximum absolute atomic E-state index is 12.9. The van der Waals surface area contributed by atoms with E-state index in [4.69, 9.17) is 9.47 Å². The van der Waals surface area contributed by atoms with E-state index in [2.05, 4.69) is 72.9 Å². The second-order valence-electron chi connectivity index (χ2n) is 14.2. The lowest BCUT2D eigenvalue weighted by atomic mass is 9.81. The molecule has 1 atom stereocenters. The number of hydrogen-bond donors (Lipinski definition) is 2. The van der Waals surface area contributed by atoms with Crippen LogP contribution >= 0.6 is 0 Å². The Balaban J connectivity index is 1.60. The van der Waals surface area contributed by atoms with Crippen LogP contribution in [-0.4, -0.2) is 46.3 Å². The van der Waals surface area contributed by atoms with Gasteiger partial charge in [-0.3, -0.25) is 9.59 Å². The number of esters is 2. The first-order chi connectivity index (χ1) is 16.5. The number of carbonyl (C=O) groups is 2. The zero-order valence-electron chi connectivity index (χ0n) is 24.9. The third-order valence-corrected chi connectivity index (χ3v) is 7.65. The van der Waals surface area contributed by atoms with Crippen LogP contribution in [-0.2, 0) is 19.1 Å². The molecule has 2 aliphatic rings. The molecule has 0 bridgehead atoms. The Morgan fingerprint density at radius 2 is 1.11 bits per heavy atom. The van der Waals surface area contributed by atoms with Gasteiger partial charge in [0.25, 0.3) is 0 Å². The maximum Gasteiger partial charge on any atom is 0.309 e. The van der Waals surface area contributed by atoms with Crippen molar-refractivity contribution in [2.24, 2.45) is 5.92 Å². The number of carbonyl (C=O) groups excluding carboxylic acids is 2. The minimum atomic E-state index is -0.0634. The minimum absolute atomic E-state index is 0.00324. The molecule has 2 rings (SSSR count). The Hall–Kier alpha value is -1.14. The van der Waals surface area contributed by atoms with Crippen molar-refractivity contribution in [2.45, 2.75) is 174 Å². The summed E-state index contributed by atoms with van der Waals surface area (Å²) in [7, 11) is 0. The van der Waals surface area contributed by atoms with Crippen LogP contribution in [0.3, 0.4) is 0 Å². The van der Waals surface area contributed by atoms with Crippen LogP contribution < -0.4 is 10.6 Å². The molecular formula is C30H56N2O4. The van der Waals surface area contributed by atoms with Crippen molar-refractivity contribution in [3.05, 3.63) is 0 Å². The third kappa shape index (κ3) is 11.1. The van der Waals surface area contributed by atoms with E-state index in [9.17, 15) is 9.59 Å². The largest absolute Gasteiger partial charge is 0.462 e. The zero-order valence-corrected chi connectivity index (χ0v) is 24.9. The van der Waals surface area contributed by atoms with Gasteiger partial charge in [-0.2, -0.15) is 0 Å². The Kier molecular flexibility index (Phi) is 10.9. The van der Waals surface area contributed by atoms with Gasteiger partial charge in [0.2, 0.25) is 0 Å². The molecule has 2 N–H and O–H groups in total. The summed E-state index contributed by atoms with van der Waals surface area (Å²) in [5.74, 6) is -0.103. The predicted octanol–water partition coefficient (Wildman–Crippen LogP) is 6.45. The Labute approximate surface area is 221 Å². The van der Waals surface area contributed by atoms with Crippen molar-refractivity contribution in [3.8, 4) is 0 Å². The van der Waals surface area contributed by atoms with Crippen LogP contribution in [0.5, 0.6) is 0 Å². The summed E-state index contributed by atoms with van der Waals surface area (Å²) >= 11 is 0. The Bertz CT molecular complexity index is 696. The van der Waals surface area contributed by atoms with E-state index in [1.54, 1.807) is 0 Å². The smallest absolute Gasteiger partial charge is 0.309 e. The van der Waals surface area contributed by atoms with Gasteiger partial charge >= 0.3 is 11.9 Å². The summed E-state index contributed by atoms with van der Waals surface area (Å²) in [6.07, 6.45) is 10.7. The average Bonchev–Trinajstić information content (AvgIpc) is 2.64. The van der Waals surface area contributed by atoms with E-state index in [0.717, 1.165) is 70.6 Å². The molecule has 0 amide bonds. The van der Waals surface area contributed by atoms with E-state index in [1.807, 2.05) is 0 Å². The van der Waals surface area contributed by atoms with Crippen molar-refractivity contribution in [3.63, 3.8) is 0 Å². The molecule has 2 saturated heterocycles. The van der Waals surface area contributed by atoms with Crippen molar-refractivity contribution >= 4 is 11.9 Å². The average molecular weight is 509 g/mol. The molecular weight excluding hydrogens is 452 g/mol. The van der Waals surface area contributed by atoms with E-state index in [0.29, 0.717) is 6.42 Å². The van der Waals surface area contributed by atoms with Gasteiger partial charge in [-0.25, -0.2) is 0 Å². The molecule has 0 radical (unpaired) electrons. The highest BCUT2D eigenvalue weighted by molar-refractivity contribution is 5.72. The monoisotopic (exact) mass is 508 g/mol. The molecule has 210 valence electrons. The number of hydrogen-bond acceptors (Lipinski definition) is 6. The van der Waals surface area contributed by atoms with Crippen LogP contribution in [0, 0.1) is 5.92 Å². The highest BCUT2D eigenvalue weighted by Crippen LogP contribution is 2.32. The van der Waals surface area contributed by atoms with Crippen LogP contribution in [0.4, 0.5) is 0 Å². The molecule has 6 nitrogen and oxygen atoms in total. The van der Waals surface area contributed by atoms with Crippen LogP contribution in [0.25, 0.3) is 0 Å². The lowest BCUT2D eigenvalue weighted by Gasteiger charge is -2.46. The fraction of sp³-hybridized carbons (Fsp3) is 0.933. The van der Waals surface area contributed by atoms with Gasteiger partial charge in [-0.15, -0.1) is 0 Å². The number of ether oxygens (including phenoxy) is 2. The first-order valence-electron chi connectivity index (χ1n) is 14.5. The standard InChI is InChI=1S/C30H56N2O4/c1-10-22(26(34)36-24-20-29(6,7)32-30(8,9)21-24)16-14-12-11-13-15-17-25(33)35-23-18-27(2,3)31-28(4,5)19-23/h22-24,31-32H,10-21H2,1-9H3/t22-/m1/s1. The molecule has 2 fully saturated rings. The summed E-state index contributed by atoms with van der Waals surface area (Å²) in [5, 5.41) is 7.28. The minimum Gasteiger partial charge on any atom is -0.462 e. The fourth-order valence-electron chi connectivity index (χ4n) is 6.81. The highest BCUT2D eigenvalue weighted by Gasteiger charge is 2.40. The topological polar surface area (TPSA) is 76.7 Å². The predicted molar refractivity (Wildman–Crippen MR) is 147 cm³/mol. The van der Waals surface area contributed by atoms with E-state index >= 15 is 0 Å². The summed E-state index contributed by atoms with van der Waals surface area (Å²) in [6, 6.07) is 0. The molecule has 2 heterocycles.